The second kappa shape index (κ2) is 46.2. The minimum Gasteiger partial charge on any atom is -0.385 e. The number of methoxy groups -OCH3 is 1. The standard InChI is InChI=1S/C9H19NO.C8H18N2O.C8H17NO2.C7H15NO.C6H13NO.C5H11NO.C4H9NO/c1-6-9(4,5)10-8(11)7(2)3;1-7(2)8(11)9-5-6-10(3)4;1-7(2)8(10)9-5-4-6-11-3;1-4-5-8-7(9)6(2)3;1-5(2)6(8)7(3)4;1-4(2)5(7)6-3;1-3(2)4(5)6/h7H,6H2,1-5H3,(H,10,11);7H,5-6H2,1-4H3,(H,9,11);7H,4-6H2,1-3H3,(H,9,10);6H,4-5H2,1-3H3,(H,8,9);5H,1-4H3;4H,1-3H3,(H,6,7);3H,1-2H3,(H2,5,6). The van der Waals surface area contributed by atoms with Gasteiger partial charge in [0.2, 0.25) is 41.4 Å². The van der Waals surface area contributed by atoms with Crippen LogP contribution in [-0.4, -0.2) is 132 Å². The van der Waals surface area contributed by atoms with Gasteiger partial charge in [-0.05, 0) is 47.2 Å². The predicted molar refractivity (Wildman–Crippen MR) is 263 cm³/mol. The molecule has 0 unspecified atom stereocenters. The Morgan fingerprint density at radius 3 is 1.11 bits per heavy atom. The van der Waals surface area contributed by atoms with Gasteiger partial charge in [0.15, 0.2) is 0 Å². The number of carbonyl (C=O) groups excluding carboxylic acids is 7. The van der Waals surface area contributed by atoms with Gasteiger partial charge < -0.3 is 46.9 Å². The average Bonchev–Trinajstić information content (AvgIpc) is 3.18. The van der Waals surface area contributed by atoms with Crippen LogP contribution in [0.3, 0.4) is 0 Å². The Morgan fingerprint density at radius 1 is 0.556 bits per heavy atom. The highest BCUT2D eigenvalue weighted by molar-refractivity contribution is 5.79. The zero-order valence-electron chi connectivity index (χ0n) is 44.9. The van der Waals surface area contributed by atoms with Crippen molar-refractivity contribution in [3.8, 4) is 0 Å². The molecule has 0 saturated heterocycles. The maximum absolute atomic E-state index is 11.2. The van der Waals surface area contributed by atoms with E-state index < -0.39 is 0 Å². The molecule has 0 bridgehead atoms. The van der Waals surface area contributed by atoms with Crippen molar-refractivity contribution in [1.29, 1.82) is 0 Å². The Kier molecular flexibility index (Phi) is 54.0. The van der Waals surface area contributed by atoms with Gasteiger partial charge in [0, 0.05) is 108 Å². The summed E-state index contributed by atoms with van der Waals surface area (Å²) in [6, 6.07) is 0. The minimum absolute atomic E-state index is 0.00926. The Morgan fingerprint density at radius 2 is 0.905 bits per heavy atom. The van der Waals surface area contributed by atoms with Crippen LogP contribution >= 0.6 is 0 Å². The first kappa shape index (κ1) is 73.6. The number of nitrogens with two attached hydrogens (primary N) is 1. The van der Waals surface area contributed by atoms with Crippen LogP contribution in [0.4, 0.5) is 0 Å². The van der Waals surface area contributed by atoms with Gasteiger partial charge >= 0.3 is 0 Å². The van der Waals surface area contributed by atoms with E-state index in [1.54, 1.807) is 47.0 Å². The number of ether oxygens (including phenoxy) is 1. The van der Waals surface area contributed by atoms with E-state index in [1.165, 1.54) is 0 Å². The normalized spacial score (nSPS) is 10.2. The monoisotopic (exact) mass is 907 g/mol. The number of primary amides is 1. The van der Waals surface area contributed by atoms with Crippen LogP contribution in [0.25, 0.3) is 0 Å². The van der Waals surface area contributed by atoms with E-state index in [-0.39, 0.29) is 88.3 Å². The molecule has 16 heteroatoms. The number of carbonyl (C=O) groups is 7. The molecule has 0 aromatic heterocycles. The molecule has 0 rings (SSSR count). The molecular formula is C47H102N8O8. The second-order valence-electron chi connectivity index (χ2n) is 18.1. The zero-order valence-corrected chi connectivity index (χ0v) is 44.9. The van der Waals surface area contributed by atoms with Crippen molar-refractivity contribution < 1.29 is 38.3 Å². The molecule has 0 aromatic rings. The van der Waals surface area contributed by atoms with Gasteiger partial charge in [-0.2, -0.15) is 0 Å². The van der Waals surface area contributed by atoms with Crippen LogP contribution in [0, 0.1) is 41.4 Å². The summed E-state index contributed by atoms with van der Waals surface area (Å²) in [6.07, 6.45) is 2.86. The van der Waals surface area contributed by atoms with Crippen LogP contribution in [0.15, 0.2) is 0 Å². The molecule has 7 amide bonds. The zero-order chi connectivity index (χ0) is 51.6. The summed E-state index contributed by atoms with van der Waals surface area (Å²) in [5.74, 6) is 1.19. The second-order valence-corrected chi connectivity index (χ2v) is 18.1. The van der Waals surface area contributed by atoms with Gasteiger partial charge in [-0.15, -0.1) is 0 Å². The Hall–Kier alpha value is -3.79. The molecule has 63 heavy (non-hydrogen) atoms. The third-order valence-electron chi connectivity index (χ3n) is 7.95. The highest BCUT2D eigenvalue weighted by atomic mass is 16.5. The number of hydrogen-bond donors (Lipinski definition) is 6. The van der Waals surface area contributed by atoms with E-state index in [1.807, 2.05) is 123 Å². The van der Waals surface area contributed by atoms with Crippen LogP contribution < -0.4 is 32.3 Å². The van der Waals surface area contributed by atoms with Crippen LogP contribution in [0.5, 0.6) is 0 Å². The summed E-state index contributed by atoms with van der Waals surface area (Å²) in [5, 5.41) is 13.9. The molecule has 0 aliphatic carbocycles. The molecule has 7 N–H and O–H groups in total. The number of amides is 7. The lowest BCUT2D eigenvalue weighted by molar-refractivity contribution is -0.132. The topological polar surface area (TPSA) is 221 Å². The van der Waals surface area contributed by atoms with E-state index in [2.05, 4.69) is 33.5 Å². The molecule has 0 saturated carbocycles. The summed E-state index contributed by atoms with van der Waals surface area (Å²) >= 11 is 0. The fourth-order valence-electron chi connectivity index (χ4n) is 3.06. The number of likely N-dealkylation sites (N-methyl/N-ethyl adjacent to an activating group) is 1. The quantitative estimate of drug-likeness (QED) is 0.0958. The van der Waals surface area contributed by atoms with E-state index in [9.17, 15) is 33.6 Å². The highest BCUT2D eigenvalue weighted by Gasteiger charge is 2.19. The van der Waals surface area contributed by atoms with Gasteiger partial charge in [0.25, 0.3) is 0 Å². The van der Waals surface area contributed by atoms with E-state index >= 15 is 0 Å². The van der Waals surface area contributed by atoms with E-state index in [4.69, 9.17) is 10.5 Å². The molecule has 16 nitrogen and oxygen atoms in total. The average molecular weight is 907 g/mol. The Balaban J connectivity index is -0.000000117. The molecule has 0 spiro atoms. The molecule has 0 atom stereocenters. The molecule has 0 fully saturated rings. The molecule has 0 aromatic carbocycles. The summed E-state index contributed by atoms with van der Waals surface area (Å²) in [4.78, 5) is 78.7. The van der Waals surface area contributed by atoms with Crippen molar-refractivity contribution in [3.63, 3.8) is 0 Å². The van der Waals surface area contributed by atoms with Crippen LogP contribution in [0.2, 0.25) is 0 Å². The van der Waals surface area contributed by atoms with Gasteiger partial charge in [-0.25, -0.2) is 0 Å². The van der Waals surface area contributed by atoms with Crippen LogP contribution in [-0.2, 0) is 38.3 Å². The number of rotatable bonds is 18. The lowest BCUT2D eigenvalue weighted by Gasteiger charge is -2.25. The summed E-state index contributed by atoms with van der Waals surface area (Å²) < 4.78 is 4.83. The third kappa shape index (κ3) is 62.6. The summed E-state index contributed by atoms with van der Waals surface area (Å²) in [7, 11) is 10.8. The van der Waals surface area contributed by atoms with Gasteiger partial charge in [-0.3, -0.25) is 33.6 Å². The van der Waals surface area contributed by atoms with Crippen molar-refractivity contribution in [1.82, 2.24) is 36.4 Å². The molecule has 0 radical (unpaired) electrons. The fourth-order valence-corrected chi connectivity index (χ4v) is 3.06. The van der Waals surface area contributed by atoms with Gasteiger partial charge in [0.05, 0.1) is 0 Å². The van der Waals surface area contributed by atoms with Gasteiger partial charge in [-0.1, -0.05) is 111 Å². The maximum Gasteiger partial charge on any atom is 0.224 e. The lowest BCUT2D eigenvalue weighted by atomic mass is 10.0. The van der Waals surface area contributed by atoms with Crippen molar-refractivity contribution in [2.75, 3.05) is 75.1 Å². The molecular weight excluding hydrogens is 805 g/mol. The van der Waals surface area contributed by atoms with Crippen LogP contribution in [0.1, 0.15) is 144 Å². The molecule has 0 aliphatic heterocycles. The Labute approximate surface area is 386 Å². The first-order valence-corrected chi connectivity index (χ1v) is 22.7. The van der Waals surface area contributed by atoms with Crippen molar-refractivity contribution in [2.45, 2.75) is 149 Å². The van der Waals surface area contributed by atoms with Crippen molar-refractivity contribution in [2.24, 2.45) is 47.2 Å². The van der Waals surface area contributed by atoms with Crippen molar-refractivity contribution >= 4 is 41.4 Å². The lowest BCUT2D eigenvalue weighted by Crippen LogP contribution is -2.44. The largest absolute Gasteiger partial charge is 0.385 e. The van der Waals surface area contributed by atoms with E-state index in [0.29, 0.717) is 13.2 Å². The predicted octanol–water partition coefficient (Wildman–Crippen LogP) is 5.48. The van der Waals surface area contributed by atoms with E-state index in [0.717, 1.165) is 38.9 Å². The number of hydrogen-bond acceptors (Lipinski definition) is 9. The first-order valence-electron chi connectivity index (χ1n) is 22.7. The minimum atomic E-state index is -0.241. The smallest absolute Gasteiger partial charge is 0.224 e. The number of nitrogens with one attached hydrogen (secondary N) is 5. The summed E-state index contributed by atoms with van der Waals surface area (Å²) in [5.41, 5.74) is 4.74. The summed E-state index contributed by atoms with van der Waals surface area (Å²) in [6.45, 7) is 38.2. The molecule has 378 valence electrons. The SMILES string of the molecule is CC(C)C(=O)N(C)C.CC(C)C(=O)NCCN(C)C.CC(C)C(N)=O.CCC(C)(C)NC(=O)C(C)C.CCCNC(=O)C(C)C.CNC(=O)C(C)C.COCCCNC(=O)C(C)C. The van der Waals surface area contributed by atoms with Crippen molar-refractivity contribution in [3.05, 3.63) is 0 Å². The molecule has 0 heterocycles. The van der Waals surface area contributed by atoms with Gasteiger partial charge in [0.1, 0.15) is 0 Å². The maximum atomic E-state index is 11.2. The first-order chi connectivity index (χ1) is 28.7. The highest BCUT2D eigenvalue weighted by Crippen LogP contribution is 2.08. The fraction of sp³-hybridized carbons (Fsp3) is 0.851. The Bertz CT molecular complexity index is 1160. The molecule has 0 aliphatic rings. The third-order valence-corrected chi connectivity index (χ3v) is 7.95. The number of nitrogens with zero attached hydrogens (tertiary/aromatic N) is 2.